The number of anilines is 1. The predicted molar refractivity (Wildman–Crippen MR) is 121 cm³/mol. The topological polar surface area (TPSA) is 79.8 Å². The molecule has 0 amide bonds. The van der Waals surface area contributed by atoms with Gasteiger partial charge in [0, 0.05) is 17.1 Å². The first-order valence-corrected chi connectivity index (χ1v) is 10.7. The van der Waals surface area contributed by atoms with Crippen molar-refractivity contribution in [2.45, 2.75) is 46.1 Å². The van der Waals surface area contributed by atoms with Crippen molar-refractivity contribution >= 4 is 33.8 Å². The zero-order valence-electron chi connectivity index (χ0n) is 17.1. The third-order valence-electron chi connectivity index (χ3n) is 5.84. The number of aromatic nitrogens is 2. The van der Waals surface area contributed by atoms with E-state index in [2.05, 4.69) is 56.8 Å². The van der Waals surface area contributed by atoms with E-state index >= 15 is 0 Å². The largest absolute Gasteiger partial charge is 0.380 e. The van der Waals surface area contributed by atoms with Gasteiger partial charge < -0.3 is 10.6 Å². The lowest BCUT2D eigenvalue weighted by Crippen LogP contribution is -2.35. The highest BCUT2D eigenvalue weighted by atomic mass is 79.9. The highest BCUT2D eigenvalue weighted by Gasteiger charge is 2.50. The summed E-state index contributed by atoms with van der Waals surface area (Å²) in [6.45, 7) is 8.15. The number of hydrogen-bond donors (Lipinski definition) is 1. The van der Waals surface area contributed by atoms with Crippen LogP contribution in [-0.2, 0) is 0 Å². The van der Waals surface area contributed by atoms with Gasteiger partial charge in [-0.15, -0.1) is 5.10 Å². The average Bonchev–Trinajstić information content (AvgIpc) is 2.92. The van der Waals surface area contributed by atoms with Gasteiger partial charge in [-0.05, 0) is 47.8 Å². The van der Waals surface area contributed by atoms with E-state index in [1.165, 1.54) is 19.3 Å². The standard InChI is InChI=1S/C22H27BrN6/c1-21(2)8-17-9-22(3,13-21)14-29(17)19-12-25-11-18(27-19)20(24)28-26-10-15-4-6-16(23)7-5-15/h4-7,10-12,17H,8-9,13-14H2,1-3H3,(H2,24,28)/b26-10+. The van der Waals surface area contributed by atoms with E-state index in [0.29, 0.717) is 22.6 Å². The maximum Gasteiger partial charge on any atom is 0.173 e. The number of amidine groups is 1. The van der Waals surface area contributed by atoms with Crippen molar-refractivity contribution in [2.24, 2.45) is 26.8 Å². The molecule has 7 heteroatoms. The van der Waals surface area contributed by atoms with E-state index in [-0.39, 0.29) is 5.84 Å². The molecule has 1 aromatic heterocycles. The van der Waals surface area contributed by atoms with Crippen LogP contribution in [0.1, 0.15) is 51.3 Å². The van der Waals surface area contributed by atoms with Crippen LogP contribution < -0.4 is 10.6 Å². The van der Waals surface area contributed by atoms with Gasteiger partial charge >= 0.3 is 0 Å². The molecular weight excluding hydrogens is 428 g/mol. The molecular formula is C22H27BrN6. The molecule has 0 spiro atoms. The molecule has 0 radical (unpaired) electrons. The zero-order valence-corrected chi connectivity index (χ0v) is 18.7. The number of halogens is 1. The van der Waals surface area contributed by atoms with E-state index in [1.54, 1.807) is 12.4 Å². The fourth-order valence-electron chi connectivity index (χ4n) is 5.10. The summed E-state index contributed by atoms with van der Waals surface area (Å²) in [6, 6.07) is 8.32. The third-order valence-corrected chi connectivity index (χ3v) is 6.36. The molecule has 1 saturated carbocycles. The molecule has 1 aliphatic carbocycles. The number of hydrogen-bond acceptors (Lipinski definition) is 5. The van der Waals surface area contributed by atoms with E-state index in [9.17, 15) is 0 Å². The summed E-state index contributed by atoms with van der Waals surface area (Å²) in [7, 11) is 0. The third kappa shape index (κ3) is 4.50. The van der Waals surface area contributed by atoms with Crippen LogP contribution in [-0.4, -0.2) is 34.6 Å². The lowest BCUT2D eigenvalue weighted by molar-refractivity contribution is 0.136. The molecule has 1 saturated heterocycles. The van der Waals surface area contributed by atoms with E-state index in [0.717, 1.165) is 22.4 Å². The smallest absolute Gasteiger partial charge is 0.173 e. The second-order valence-electron chi connectivity index (χ2n) is 9.39. The summed E-state index contributed by atoms with van der Waals surface area (Å²) < 4.78 is 1.02. The Balaban J connectivity index is 1.52. The van der Waals surface area contributed by atoms with Crippen molar-refractivity contribution in [1.82, 2.24) is 9.97 Å². The molecule has 152 valence electrons. The SMILES string of the molecule is CC1(C)CC2CC(C)(CN2c2cncc(/C(N)=N/N=C/c3ccc(Br)cc3)n2)C1. The van der Waals surface area contributed by atoms with Crippen LogP contribution in [0.25, 0.3) is 0 Å². The molecule has 2 atom stereocenters. The fraction of sp³-hybridized carbons (Fsp3) is 0.455. The maximum atomic E-state index is 6.13. The summed E-state index contributed by atoms with van der Waals surface area (Å²) in [4.78, 5) is 11.5. The minimum absolute atomic E-state index is 0.265. The molecule has 4 rings (SSSR count). The molecule has 2 N–H and O–H groups in total. The van der Waals surface area contributed by atoms with Gasteiger partial charge in [-0.2, -0.15) is 5.10 Å². The molecule has 6 nitrogen and oxygen atoms in total. The Morgan fingerprint density at radius 2 is 1.97 bits per heavy atom. The lowest BCUT2D eigenvalue weighted by Gasteiger charge is -2.39. The van der Waals surface area contributed by atoms with E-state index < -0.39 is 0 Å². The quantitative estimate of drug-likeness (QED) is 0.422. The van der Waals surface area contributed by atoms with Crippen molar-refractivity contribution in [2.75, 3.05) is 11.4 Å². The van der Waals surface area contributed by atoms with Crippen LogP contribution in [0.15, 0.2) is 51.3 Å². The van der Waals surface area contributed by atoms with Gasteiger partial charge in [-0.1, -0.05) is 48.8 Å². The summed E-state index contributed by atoms with van der Waals surface area (Å²) in [5.41, 5.74) is 8.33. The maximum absolute atomic E-state index is 6.13. The molecule has 2 heterocycles. The van der Waals surface area contributed by atoms with Gasteiger partial charge in [0.1, 0.15) is 11.5 Å². The Hall–Kier alpha value is -2.28. The Labute approximate surface area is 180 Å². The average molecular weight is 455 g/mol. The van der Waals surface area contributed by atoms with Crippen molar-refractivity contribution in [3.05, 3.63) is 52.4 Å². The highest BCUT2D eigenvalue weighted by molar-refractivity contribution is 9.10. The second kappa shape index (κ2) is 7.52. The number of benzene rings is 1. The van der Waals surface area contributed by atoms with Crippen LogP contribution in [0.4, 0.5) is 5.82 Å². The van der Waals surface area contributed by atoms with Crippen LogP contribution in [0.3, 0.4) is 0 Å². The number of fused-ring (bicyclic) bond motifs is 2. The van der Waals surface area contributed by atoms with Crippen LogP contribution in [0.2, 0.25) is 0 Å². The van der Waals surface area contributed by atoms with Gasteiger partial charge in [-0.25, -0.2) is 4.98 Å². The van der Waals surface area contributed by atoms with Crippen LogP contribution in [0.5, 0.6) is 0 Å². The number of nitrogens with zero attached hydrogens (tertiary/aromatic N) is 5. The first kappa shape index (κ1) is 20.0. The van der Waals surface area contributed by atoms with Gasteiger partial charge in [0.05, 0.1) is 18.6 Å². The molecule has 2 aliphatic rings. The molecule has 2 bridgehead atoms. The molecule has 2 aromatic rings. The molecule has 1 aliphatic heterocycles. The minimum Gasteiger partial charge on any atom is -0.380 e. The summed E-state index contributed by atoms with van der Waals surface area (Å²) in [5, 5.41) is 8.21. The Bertz CT molecular complexity index is 952. The van der Waals surface area contributed by atoms with Gasteiger partial charge in [0.2, 0.25) is 0 Å². The lowest BCUT2D eigenvalue weighted by atomic mass is 9.65. The second-order valence-corrected chi connectivity index (χ2v) is 10.3. The van der Waals surface area contributed by atoms with Crippen molar-refractivity contribution in [3.63, 3.8) is 0 Å². The highest BCUT2D eigenvalue weighted by Crippen LogP contribution is 2.53. The zero-order chi connectivity index (χ0) is 20.6. The Morgan fingerprint density at radius 3 is 2.72 bits per heavy atom. The van der Waals surface area contributed by atoms with Crippen LogP contribution in [0, 0.1) is 10.8 Å². The Morgan fingerprint density at radius 1 is 1.21 bits per heavy atom. The molecule has 2 fully saturated rings. The van der Waals surface area contributed by atoms with E-state index in [4.69, 9.17) is 10.7 Å². The monoisotopic (exact) mass is 454 g/mol. The summed E-state index contributed by atoms with van der Waals surface area (Å²) in [6.07, 6.45) is 8.78. The fourth-order valence-corrected chi connectivity index (χ4v) is 5.37. The van der Waals surface area contributed by atoms with Crippen molar-refractivity contribution in [1.29, 1.82) is 0 Å². The first-order valence-electron chi connectivity index (χ1n) is 9.94. The van der Waals surface area contributed by atoms with Crippen molar-refractivity contribution < 1.29 is 0 Å². The molecule has 2 unspecified atom stereocenters. The van der Waals surface area contributed by atoms with Crippen molar-refractivity contribution in [3.8, 4) is 0 Å². The number of nitrogens with two attached hydrogens (primary N) is 1. The van der Waals surface area contributed by atoms with Gasteiger partial charge in [-0.3, -0.25) is 4.98 Å². The molecule has 29 heavy (non-hydrogen) atoms. The Kier molecular flexibility index (Phi) is 5.19. The molecule has 1 aromatic carbocycles. The van der Waals surface area contributed by atoms with Crippen LogP contribution >= 0.6 is 15.9 Å². The first-order chi connectivity index (χ1) is 13.7. The normalized spacial score (nSPS) is 26.3. The number of rotatable bonds is 4. The van der Waals surface area contributed by atoms with E-state index in [1.807, 2.05) is 30.5 Å². The van der Waals surface area contributed by atoms with Gasteiger partial charge in [0.15, 0.2) is 5.84 Å². The summed E-state index contributed by atoms with van der Waals surface area (Å²) >= 11 is 3.42. The minimum atomic E-state index is 0.265. The summed E-state index contributed by atoms with van der Waals surface area (Å²) in [5.74, 6) is 1.14. The predicted octanol–water partition coefficient (Wildman–Crippen LogP) is 4.38. The van der Waals surface area contributed by atoms with Gasteiger partial charge in [0.25, 0.3) is 0 Å².